The molecule has 1 aromatic heterocycles. The lowest BCUT2D eigenvalue weighted by Crippen LogP contribution is -2.22. The Bertz CT molecular complexity index is 846. The highest BCUT2D eigenvalue weighted by atomic mass is 16.1. The van der Waals surface area contributed by atoms with Gasteiger partial charge in [-0.2, -0.15) is 0 Å². The predicted octanol–water partition coefficient (Wildman–Crippen LogP) is 4.61. The van der Waals surface area contributed by atoms with Crippen molar-refractivity contribution in [3.63, 3.8) is 0 Å². The van der Waals surface area contributed by atoms with Gasteiger partial charge in [0.25, 0.3) is 0 Å². The molecular weight excluding hydrogens is 308 g/mol. The van der Waals surface area contributed by atoms with E-state index < -0.39 is 0 Å². The number of nitrogens with one attached hydrogen (secondary N) is 1. The molecule has 25 heavy (non-hydrogen) atoms. The van der Waals surface area contributed by atoms with Crippen molar-refractivity contribution in [2.45, 2.75) is 46.2 Å². The van der Waals surface area contributed by atoms with Crippen LogP contribution in [-0.2, 0) is 24.3 Å². The molecule has 1 N–H and O–H groups in total. The van der Waals surface area contributed by atoms with E-state index in [1.807, 2.05) is 0 Å². The largest absolute Gasteiger partial charge is 0.352 e. The van der Waals surface area contributed by atoms with E-state index in [-0.39, 0.29) is 5.91 Å². The zero-order valence-electron chi connectivity index (χ0n) is 15.1. The Balaban J connectivity index is 1.51. The summed E-state index contributed by atoms with van der Waals surface area (Å²) in [6, 6.07) is 16.8. The number of hydrogen-bond donors (Lipinski definition) is 1. The number of aromatic nitrogens is 1. The molecule has 3 aromatic rings. The fraction of sp³-hybridized carbons (Fsp3) is 0.318. The molecule has 0 saturated heterocycles. The first-order valence-electron chi connectivity index (χ1n) is 9.06. The minimum absolute atomic E-state index is 0.125. The van der Waals surface area contributed by atoms with Crippen molar-refractivity contribution in [1.29, 1.82) is 0 Å². The van der Waals surface area contributed by atoms with E-state index in [0.29, 0.717) is 13.0 Å². The number of amides is 1. The first kappa shape index (κ1) is 17.3. The third-order valence-electron chi connectivity index (χ3n) is 4.67. The van der Waals surface area contributed by atoms with Gasteiger partial charge < -0.3 is 9.88 Å². The van der Waals surface area contributed by atoms with Crippen LogP contribution in [0, 0.1) is 6.92 Å². The van der Waals surface area contributed by atoms with Crippen molar-refractivity contribution in [2.24, 2.45) is 0 Å². The minimum Gasteiger partial charge on any atom is -0.352 e. The quantitative estimate of drug-likeness (QED) is 0.673. The zero-order chi connectivity index (χ0) is 17.6. The number of carbonyl (C=O) groups excluding carboxylic acids is 1. The topological polar surface area (TPSA) is 34.0 Å². The molecule has 0 saturated carbocycles. The fourth-order valence-electron chi connectivity index (χ4n) is 3.22. The summed E-state index contributed by atoms with van der Waals surface area (Å²) in [4.78, 5) is 12.1. The number of rotatable bonds is 7. The van der Waals surface area contributed by atoms with Crippen LogP contribution in [-0.4, -0.2) is 10.5 Å². The lowest BCUT2D eigenvalue weighted by atomic mass is 10.1. The van der Waals surface area contributed by atoms with Crippen molar-refractivity contribution in [3.05, 3.63) is 71.4 Å². The van der Waals surface area contributed by atoms with Crippen LogP contribution in [0.4, 0.5) is 0 Å². The summed E-state index contributed by atoms with van der Waals surface area (Å²) in [5.41, 5.74) is 5.00. The van der Waals surface area contributed by atoms with Crippen LogP contribution >= 0.6 is 0 Å². The average Bonchev–Trinajstić information content (AvgIpc) is 2.99. The van der Waals surface area contributed by atoms with Gasteiger partial charge in [-0.1, -0.05) is 48.0 Å². The van der Waals surface area contributed by atoms with E-state index in [1.54, 1.807) is 0 Å². The average molecular weight is 334 g/mol. The van der Waals surface area contributed by atoms with Gasteiger partial charge in [0.2, 0.25) is 5.91 Å². The van der Waals surface area contributed by atoms with Crippen molar-refractivity contribution >= 4 is 16.8 Å². The molecule has 0 aliphatic heterocycles. The molecule has 0 bridgehead atoms. The molecule has 0 fully saturated rings. The Morgan fingerprint density at radius 3 is 2.60 bits per heavy atom. The Hall–Kier alpha value is -2.55. The number of nitrogens with zero attached hydrogens (tertiary/aromatic N) is 1. The molecule has 3 heteroatoms. The Morgan fingerprint density at radius 1 is 1.08 bits per heavy atom. The molecule has 0 atom stereocenters. The third kappa shape index (κ3) is 4.30. The number of fused-ring (bicyclic) bond motifs is 1. The monoisotopic (exact) mass is 334 g/mol. The van der Waals surface area contributed by atoms with Gasteiger partial charge in [0.05, 0.1) is 0 Å². The first-order valence-corrected chi connectivity index (χ1v) is 9.06. The van der Waals surface area contributed by atoms with E-state index >= 15 is 0 Å². The molecule has 0 spiro atoms. The highest BCUT2D eigenvalue weighted by Crippen LogP contribution is 2.22. The van der Waals surface area contributed by atoms with Crippen LogP contribution in [0.1, 0.15) is 36.5 Å². The van der Waals surface area contributed by atoms with Crippen molar-refractivity contribution in [2.75, 3.05) is 0 Å². The Kier molecular flexibility index (Phi) is 5.54. The molecule has 1 heterocycles. The summed E-state index contributed by atoms with van der Waals surface area (Å²) in [7, 11) is 0. The molecular formula is C22H26N2O. The molecule has 2 aromatic carbocycles. The normalized spacial score (nSPS) is 11.0. The van der Waals surface area contributed by atoms with Crippen LogP contribution in [0.3, 0.4) is 0 Å². The second-order valence-electron chi connectivity index (χ2n) is 6.57. The van der Waals surface area contributed by atoms with Crippen molar-refractivity contribution in [1.82, 2.24) is 9.88 Å². The predicted molar refractivity (Wildman–Crippen MR) is 104 cm³/mol. The Labute approximate surface area is 149 Å². The highest BCUT2D eigenvalue weighted by molar-refractivity contribution is 5.84. The van der Waals surface area contributed by atoms with Crippen LogP contribution in [0.15, 0.2) is 54.7 Å². The Morgan fingerprint density at radius 2 is 1.84 bits per heavy atom. The number of aryl methyl sites for hydroxylation is 3. The number of carbonyl (C=O) groups is 1. The summed E-state index contributed by atoms with van der Waals surface area (Å²) in [5, 5.41) is 4.32. The van der Waals surface area contributed by atoms with Gasteiger partial charge in [-0.05, 0) is 43.9 Å². The number of para-hydroxylation sites is 1. The molecule has 0 aliphatic rings. The highest BCUT2D eigenvalue weighted by Gasteiger charge is 2.08. The summed E-state index contributed by atoms with van der Waals surface area (Å²) >= 11 is 0. The lowest BCUT2D eigenvalue weighted by molar-refractivity contribution is -0.121. The molecule has 3 rings (SSSR count). The van der Waals surface area contributed by atoms with Crippen LogP contribution in [0.5, 0.6) is 0 Å². The second kappa shape index (κ2) is 8.02. The minimum atomic E-state index is 0.125. The van der Waals surface area contributed by atoms with E-state index in [4.69, 9.17) is 0 Å². The summed E-state index contributed by atoms with van der Waals surface area (Å²) in [6.45, 7) is 5.80. The SMILES string of the molecule is CCn1cc(CCCC(=O)NCc2ccc(C)cc2)c2ccccc21. The van der Waals surface area contributed by atoms with Crippen molar-refractivity contribution < 1.29 is 4.79 Å². The maximum Gasteiger partial charge on any atom is 0.220 e. The van der Waals surface area contributed by atoms with Gasteiger partial charge in [0, 0.05) is 36.6 Å². The van der Waals surface area contributed by atoms with Crippen LogP contribution in [0.2, 0.25) is 0 Å². The lowest BCUT2D eigenvalue weighted by Gasteiger charge is -2.06. The number of hydrogen-bond acceptors (Lipinski definition) is 1. The van der Waals surface area contributed by atoms with Gasteiger partial charge >= 0.3 is 0 Å². The van der Waals surface area contributed by atoms with E-state index in [9.17, 15) is 4.79 Å². The fourth-order valence-corrected chi connectivity index (χ4v) is 3.22. The summed E-state index contributed by atoms with van der Waals surface area (Å²) in [5.74, 6) is 0.125. The third-order valence-corrected chi connectivity index (χ3v) is 4.67. The second-order valence-corrected chi connectivity index (χ2v) is 6.57. The molecule has 0 unspecified atom stereocenters. The van der Waals surface area contributed by atoms with Crippen molar-refractivity contribution in [3.8, 4) is 0 Å². The molecule has 130 valence electrons. The standard InChI is InChI=1S/C22H26N2O/c1-3-24-16-19(20-8-4-5-9-21(20)24)7-6-10-22(25)23-15-18-13-11-17(2)12-14-18/h4-5,8-9,11-14,16H,3,6-7,10,15H2,1-2H3,(H,23,25). The van der Waals surface area contributed by atoms with E-state index in [1.165, 1.54) is 22.0 Å². The summed E-state index contributed by atoms with van der Waals surface area (Å²) in [6.07, 6.45) is 4.61. The van der Waals surface area contributed by atoms with Crippen LogP contribution in [0.25, 0.3) is 10.9 Å². The zero-order valence-corrected chi connectivity index (χ0v) is 15.1. The first-order chi connectivity index (χ1) is 12.2. The number of benzene rings is 2. The van der Waals surface area contributed by atoms with Gasteiger partial charge in [-0.3, -0.25) is 4.79 Å². The molecule has 3 nitrogen and oxygen atoms in total. The smallest absolute Gasteiger partial charge is 0.220 e. The molecule has 0 aliphatic carbocycles. The van der Waals surface area contributed by atoms with Gasteiger partial charge in [-0.15, -0.1) is 0 Å². The maximum absolute atomic E-state index is 12.1. The van der Waals surface area contributed by atoms with Crippen LogP contribution < -0.4 is 5.32 Å². The molecule has 1 amide bonds. The van der Waals surface area contributed by atoms with Gasteiger partial charge in [0.1, 0.15) is 0 Å². The van der Waals surface area contributed by atoms with Gasteiger partial charge in [0.15, 0.2) is 0 Å². The summed E-state index contributed by atoms with van der Waals surface area (Å²) < 4.78 is 2.28. The van der Waals surface area contributed by atoms with E-state index in [0.717, 1.165) is 24.9 Å². The van der Waals surface area contributed by atoms with Gasteiger partial charge in [-0.25, -0.2) is 0 Å². The maximum atomic E-state index is 12.1. The molecule has 0 radical (unpaired) electrons. The van der Waals surface area contributed by atoms with E-state index in [2.05, 4.69) is 78.5 Å².